The number of piperidine rings is 1. The Morgan fingerprint density at radius 1 is 1.42 bits per heavy atom. The van der Waals surface area contributed by atoms with E-state index in [1.165, 1.54) is 0 Å². The van der Waals surface area contributed by atoms with Gasteiger partial charge in [-0.05, 0) is 18.8 Å². The molecule has 4 N–H and O–H groups in total. The number of nitrogens with one attached hydrogen (secondary N) is 1. The first kappa shape index (κ1) is 15.9. The van der Waals surface area contributed by atoms with Crippen molar-refractivity contribution in [3.8, 4) is 0 Å². The first-order chi connectivity index (χ1) is 8.93. The fourth-order valence-corrected chi connectivity index (χ4v) is 2.22. The third kappa shape index (κ3) is 5.16. The first-order valence-corrected chi connectivity index (χ1v) is 6.94. The maximum absolute atomic E-state index is 11.9. The number of carbonyl (C=O) groups excluding carboxylic acids is 1. The van der Waals surface area contributed by atoms with Crippen LogP contribution in [-0.4, -0.2) is 53.6 Å². The summed E-state index contributed by atoms with van der Waals surface area (Å²) in [5.74, 6) is -1.26. The molecule has 0 spiro atoms. The van der Waals surface area contributed by atoms with Crippen molar-refractivity contribution in [1.29, 1.82) is 0 Å². The van der Waals surface area contributed by atoms with E-state index >= 15 is 0 Å². The van der Waals surface area contributed by atoms with Crippen molar-refractivity contribution in [3.05, 3.63) is 0 Å². The van der Waals surface area contributed by atoms with Gasteiger partial charge in [0.15, 0.2) is 0 Å². The Labute approximate surface area is 114 Å². The monoisotopic (exact) mass is 271 g/mol. The molecular weight excluding hydrogens is 246 g/mol. The van der Waals surface area contributed by atoms with Gasteiger partial charge in [-0.3, -0.25) is 9.69 Å². The smallest absolute Gasteiger partial charge is 0.326 e. The zero-order chi connectivity index (χ0) is 14.4. The zero-order valence-corrected chi connectivity index (χ0v) is 11.8. The van der Waals surface area contributed by atoms with E-state index in [0.29, 0.717) is 0 Å². The highest BCUT2D eigenvalue weighted by molar-refractivity contribution is 5.84. The van der Waals surface area contributed by atoms with E-state index < -0.39 is 12.0 Å². The molecule has 1 heterocycles. The minimum atomic E-state index is -0.969. The lowest BCUT2D eigenvalue weighted by atomic mass is 9.99. The number of nitrogens with two attached hydrogens (primary N) is 1. The van der Waals surface area contributed by atoms with Gasteiger partial charge >= 0.3 is 5.97 Å². The highest BCUT2D eigenvalue weighted by Crippen LogP contribution is 2.09. The van der Waals surface area contributed by atoms with Crippen molar-refractivity contribution >= 4 is 11.9 Å². The van der Waals surface area contributed by atoms with Crippen LogP contribution in [0.1, 0.15) is 33.1 Å². The highest BCUT2D eigenvalue weighted by Gasteiger charge is 2.26. The van der Waals surface area contributed by atoms with E-state index in [2.05, 4.69) is 5.32 Å². The van der Waals surface area contributed by atoms with E-state index in [0.717, 1.165) is 32.4 Å². The second-order valence-corrected chi connectivity index (χ2v) is 5.38. The van der Waals surface area contributed by atoms with Gasteiger partial charge in [-0.1, -0.05) is 20.3 Å². The SMILES string of the molecule is CC[C@H](C)[C@H](NC(=O)CN1CCC(N)CC1)C(=O)O. The predicted molar refractivity (Wildman–Crippen MR) is 72.7 cm³/mol. The predicted octanol–water partition coefficient (Wildman–Crippen LogP) is 0.0250. The van der Waals surface area contributed by atoms with Gasteiger partial charge in [0.05, 0.1) is 6.54 Å². The molecule has 6 nitrogen and oxygen atoms in total. The molecule has 1 fully saturated rings. The number of rotatable bonds is 6. The van der Waals surface area contributed by atoms with Gasteiger partial charge in [0.1, 0.15) is 6.04 Å². The molecule has 0 aliphatic carbocycles. The van der Waals surface area contributed by atoms with Gasteiger partial charge in [0.25, 0.3) is 0 Å². The summed E-state index contributed by atoms with van der Waals surface area (Å²) in [5, 5.41) is 11.7. The Bertz CT molecular complexity index is 314. The van der Waals surface area contributed by atoms with Crippen LogP contribution < -0.4 is 11.1 Å². The van der Waals surface area contributed by atoms with Crippen LogP contribution in [0.4, 0.5) is 0 Å². The summed E-state index contributed by atoms with van der Waals surface area (Å²) in [6.07, 6.45) is 2.50. The van der Waals surface area contributed by atoms with Crippen LogP contribution >= 0.6 is 0 Å². The van der Waals surface area contributed by atoms with E-state index in [4.69, 9.17) is 10.8 Å². The fourth-order valence-electron chi connectivity index (χ4n) is 2.22. The lowest BCUT2D eigenvalue weighted by Crippen LogP contribution is -2.50. The van der Waals surface area contributed by atoms with Crippen molar-refractivity contribution in [2.75, 3.05) is 19.6 Å². The molecule has 1 aliphatic heterocycles. The number of amides is 1. The molecule has 1 rings (SSSR count). The molecule has 1 aliphatic rings. The number of nitrogens with zero attached hydrogens (tertiary/aromatic N) is 1. The van der Waals surface area contributed by atoms with Crippen LogP contribution in [0.15, 0.2) is 0 Å². The Kier molecular flexibility index (Phi) is 6.24. The minimum Gasteiger partial charge on any atom is -0.480 e. The van der Waals surface area contributed by atoms with Crippen LogP contribution in [0.2, 0.25) is 0 Å². The highest BCUT2D eigenvalue weighted by atomic mass is 16.4. The van der Waals surface area contributed by atoms with E-state index in [1.54, 1.807) is 0 Å². The first-order valence-electron chi connectivity index (χ1n) is 6.94. The van der Waals surface area contributed by atoms with Crippen LogP contribution in [0.3, 0.4) is 0 Å². The Balaban J connectivity index is 2.42. The zero-order valence-electron chi connectivity index (χ0n) is 11.8. The summed E-state index contributed by atoms with van der Waals surface area (Å²) in [4.78, 5) is 25.0. The Morgan fingerprint density at radius 3 is 2.47 bits per heavy atom. The number of aliphatic carboxylic acids is 1. The van der Waals surface area contributed by atoms with Crippen molar-refractivity contribution in [2.45, 2.75) is 45.2 Å². The van der Waals surface area contributed by atoms with Crippen molar-refractivity contribution in [3.63, 3.8) is 0 Å². The topological polar surface area (TPSA) is 95.7 Å². The molecule has 0 aromatic rings. The number of carbonyl (C=O) groups is 2. The standard InChI is InChI=1S/C13H25N3O3/c1-3-9(2)12(13(18)19)15-11(17)8-16-6-4-10(14)5-7-16/h9-10,12H,3-8,14H2,1-2H3,(H,15,17)(H,18,19)/t9-,12-/m0/s1. The molecule has 0 aromatic heterocycles. The second kappa shape index (κ2) is 7.45. The quantitative estimate of drug-likeness (QED) is 0.633. The van der Waals surface area contributed by atoms with Gasteiger partial charge in [-0.2, -0.15) is 0 Å². The minimum absolute atomic E-state index is 0.0729. The van der Waals surface area contributed by atoms with E-state index in [9.17, 15) is 9.59 Å². The van der Waals surface area contributed by atoms with E-state index in [-0.39, 0.29) is 24.4 Å². The molecule has 110 valence electrons. The van der Waals surface area contributed by atoms with Gasteiger partial charge in [-0.15, -0.1) is 0 Å². The van der Waals surface area contributed by atoms with Crippen LogP contribution in [0.5, 0.6) is 0 Å². The van der Waals surface area contributed by atoms with Crippen LogP contribution in [0, 0.1) is 5.92 Å². The molecule has 0 radical (unpaired) electrons. The van der Waals surface area contributed by atoms with Crippen molar-refractivity contribution < 1.29 is 14.7 Å². The third-order valence-electron chi connectivity index (χ3n) is 3.79. The molecule has 0 aromatic carbocycles. The molecule has 1 saturated heterocycles. The summed E-state index contributed by atoms with van der Waals surface area (Å²) >= 11 is 0. The van der Waals surface area contributed by atoms with Crippen LogP contribution in [0.25, 0.3) is 0 Å². The van der Waals surface area contributed by atoms with E-state index in [1.807, 2.05) is 18.7 Å². The maximum atomic E-state index is 11.9. The molecule has 6 heteroatoms. The molecular formula is C13H25N3O3. The average molecular weight is 271 g/mol. The summed E-state index contributed by atoms with van der Waals surface area (Å²) in [6, 6.07) is -0.573. The maximum Gasteiger partial charge on any atom is 0.326 e. The average Bonchev–Trinajstić information content (AvgIpc) is 2.37. The van der Waals surface area contributed by atoms with Gasteiger partial charge in [0.2, 0.25) is 5.91 Å². The second-order valence-electron chi connectivity index (χ2n) is 5.38. The number of carboxylic acid groups (broad SMARTS) is 1. The lowest BCUT2D eigenvalue weighted by Gasteiger charge is -2.30. The number of carboxylic acids is 1. The largest absolute Gasteiger partial charge is 0.480 e. The van der Waals surface area contributed by atoms with Gasteiger partial charge in [-0.25, -0.2) is 4.79 Å². The molecule has 0 bridgehead atoms. The van der Waals surface area contributed by atoms with Crippen molar-refractivity contribution in [2.24, 2.45) is 11.7 Å². The van der Waals surface area contributed by atoms with Gasteiger partial charge < -0.3 is 16.2 Å². The molecule has 0 saturated carbocycles. The molecule has 0 unspecified atom stereocenters. The summed E-state index contributed by atoms with van der Waals surface area (Å²) in [5.41, 5.74) is 5.80. The van der Waals surface area contributed by atoms with Crippen molar-refractivity contribution in [1.82, 2.24) is 10.2 Å². The Hall–Kier alpha value is -1.14. The lowest BCUT2D eigenvalue weighted by molar-refractivity contribution is -0.143. The summed E-state index contributed by atoms with van der Waals surface area (Å²) in [7, 11) is 0. The molecule has 1 amide bonds. The fraction of sp³-hybridized carbons (Fsp3) is 0.846. The molecule has 2 atom stereocenters. The van der Waals surface area contributed by atoms with Crippen LogP contribution in [-0.2, 0) is 9.59 Å². The van der Waals surface area contributed by atoms with Gasteiger partial charge in [0, 0.05) is 19.1 Å². The summed E-state index contributed by atoms with van der Waals surface area (Å²) < 4.78 is 0. The normalized spacial score (nSPS) is 20.8. The Morgan fingerprint density at radius 2 is 2.00 bits per heavy atom. The molecule has 19 heavy (non-hydrogen) atoms. The third-order valence-corrected chi connectivity index (χ3v) is 3.79. The number of likely N-dealkylation sites (tertiary alicyclic amines) is 1. The number of hydrogen-bond acceptors (Lipinski definition) is 4. The summed E-state index contributed by atoms with van der Waals surface area (Å²) in [6.45, 7) is 5.61. The number of hydrogen-bond donors (Lipinski definition) is 3.